The van der Waals surface area contributed by atoms with Crippen molar-refractivity contribution in [3.63, 3.8) is 0 Å². The number of halogens is 1. The van der Waals surface area contributed by atoms with E-state index >= 15 is 0 Å². The monoisotopic (exact) mass is 521 g/mol. The molecular formula is C26H36ClN3O4S. The summed E-state index contributed by atoms with van der Waals surface area (Å²) in [6, 6.07) is 13.8. The lowest BCUT2D eigenvalue weighted by Crippen LogP contribution is -2.49. The van der Waals surface area contributed by atoms with E-state index < -0.39 is 16.1 Å². The molecule has 1 N–H and O–H groups in total. The summed E-state index contributed by atoms with van der Waals surface area (Å²) >= 11 is 6.35. The molecule has 0 saturated carbocycles. The molecule has 1 atom stereocenters. The Morgan fingerprint density at radius 3 is 2.40 bits per heavy atom. The summed E-state index contributed by atoms with van der Waals surface area (Å²) in [7, 11) is -3.52. The highest BCUT2D eigenvalue weighted by Gasteiger charge is 2.29. The number of nitrogens with zero attached hydrogens (tertiary/aromatic N) is 2. The zero-order valence-corrected chi connectivity index (χ0v) is 22.5. The van der Waals surface area contributed by atoms with Crippen LogP contribution in [0.3, 0.4) is 0 Å². The zero-order chi connectivity index (χ0) is 26.0. The standard InChI is InChI=1S/C26H36ClN3O4S/c1-5-16-28-26(32)24(6-2)29(19-21-12-7-8-14-23(21)27)25(31)15-10-17-30(35(4,33)34)22-13-9-11-20(3)18-22/h7-9,11-14,18,24H,5-6,10,15-17,19H2,1-4H3,(H,28,32)/t24-/m0/s1. The van der Waals surface area contributed by atoms with Crippen molar-refractivity contribution in [1.82, 2.24) is 10.2 Å². The number of amides is 2. The Labute approximate surface area is 214 Å². The molecule has 0 spiro atoms. The van der Waals surface area contributed by atoms with E-state index in [1.807, 2.05) is 45.0 Å². The molecule has 0 aliphatic heterocycles. The van der Waals surface area contributed by atoms with Crippen molar-refractivity contribution in [2.75, 3.05) is 23.7 Å². The molecule has 0 aliphatic rings. The third-order valence-corrected chi connectivity index (χ3v) is 7.24. The molecule has 2 amide bonds. The fourth-order valence-electron chi connectivity index (χ4n) is 3.88. The number of nitrogens with one attached hydrogen (secondary N) is 1. The molecular weight excluding hydrogens is 486 g/mol. The van der Waals surface area contributed by atoms with E-state index in [0.717, 1.165) is 23.8 Å². The Morgan fingerprint density at radius 1 is 1.09 bits per heavy atom. The molecule has 192 valence electrons. The predicted octanol–water partition coefficient (Wildman–Crippen LogP) is 4.53. The Bertz CT molecular complexity index is 1110. The van der Waals surface area contributed by atoms with E-state index in [1.165, 1.54) is 4.31 Å². The summed E-state index contributed by atoms with van der Waals surface area (Å²) in [5, 5.41) is 3.41. The quantitative estimate of drug-likeness (QED) is 0.419. The van der Waals surface area contributed by atoms with E-state index in [4.69, 9.17) is 11.6 Å². The molecule has 2 aromatic carbocycles. The van der Waals surface area contributed by atoms with Crippen LogP contribution >= 0.6 is 11.6 Å². The number of carbonyl (C=O) groups is 2. The number of hydrogen-bond donors (Lipinski definition) is 1. The smallest absolute Gasteiger partial charge is 0.242 e. The van der Waals surface area contributed by atoms with E-state index in [0.29, 0.717) is 30.1 Å². The molecule has 2 aromatic rings. The van der Waals surface area contributed by atoms with Crippen molar-refractivity contribution in [2.24, 2.45) is 0 Å². The Hall–Kier alpha value is -2.58. The molecule has 0 aliphatic carbocycles. The lowest BCUT2D eigenvalue weighted by Gasteiger charge is -2.31. The highest BCUT2D eigenvalue weighted by molar-refractivity contribution is 7.92. The van der Waals surface area contributed by atoms with Gasteiger partial charge in [0.1, 0.15) is 6.04 Å². The van der Waals surface area contributed by atoms with Gasteiger partial charge in [-0.15, -0.1) is 0 Å². The molecule has 35 heavy (non-hydrogen) atoms. The third-order valence-electron chi connectivity index (χ3n) is 5.68. The second kappa shape index (κ2) is 13.5. The van der Waals surface area contributed by atoms with Gasteiger partial charge in [0.25, 0.3) is 0 Å². The predicted molar refractivity (Wildman–Crippen MR) is 142 cm³/mol. The maximum atomic E-state index is 13.4. The van der Waals surface area contributed by atoms with Gasteiger partial charge in [-0.2, -0.15) is 0 Å². The largest absolute Gasteiger partial charge is 0.354 e. The van der Waals surface area contributed by atoms with Crippen LogP contribution in [0.4, 0.5) is 5.69 Å². The van der Waals surface area contributed by atoms with Crippen molar-refractivity contribution in [3.8, 4) is 0 Å². The Kier molecular flexibility index (Phi) is 11.0. The van der Waals surface area contributed by atoms with Gasteiger partial charge in [-0.25, -0.2) is 8.42 Å². The molecule has 0 fully saturated rings. The van der Waals surface area contributed by atoms with E-state index in [9.17, 15) is 18.0 Å². The minimum atomic E-state index is -3.52. The number of carbonyl (C=O) groups excluding carboxylic acids is 2. The zero-order valence-electron chi connectivity index (χ0n) is 21.0. The fraction of sp³-hybridized carbons (Fsp3) is 0.462. The minimum absolute atomic E-state index is 0.0971. The van der Waals surface area contributed by atoms with Gasteiger partial charge in [-0.3, -0.25) is 13.9 Å². The molecule has 0 bridgehead atoms. The molecule has 0 heterocycles. The van der Waals surface area contributed by atoms with Crippen LogP contribution in [0.1, 0.15) is 50.7 Å². The highest BCUT2D eigenvalue weighted by atomic mass is 35.5. The van der Waals surface area contributed by atoms with Crippen molar-refractivity contribution in [3.05, 3.63) is 64.7 Å². The molecule has 2 rings (SSSR count). The molecule has 7 nitrogen and oxygen atoms in total. The second-order valence-corrected chi connectivity index (χ2v) is 10.9. The third kappa shape index (κ3) is 8.54. The highest BCUT2D eigenvalue weighted by Crippen LogP contribution is 2.22. The first-order valence-electron chi connectivity index (χ1n) is 11.9. The van der Waals surface area contributed by atoms with Gasteiger partial charge in [0, 0.05) is 31.1 Å². The maximum Gasteiger partial charge on any atom is 0.242 e. The summed E-state index contributed by atoms with van der Waals surface area (Å²) in [5.74, 6) is -0.423. The molecule has 0 aromatic heterocycles. The van der Waals surface area contributed by atoms with Crippen molar-refractivity contribution < 1.29 is 18.0 Å². The SMILES string of the molecule is CCCNC(=O)[C@H](CC)N(Cc1ccccc1Cl)C(=O)CCCN(c1cccc(C)c1)S(C)(=O)=O. The minimum Gasteiger partial charge on any atom is -0.354 e. The van der Waals surface area contributed by atoms with Gasteiger partial charge >= 0.3 is 0 Å². The van der Waals surface area contributed by atoms with Gasteiger partial charge in [-0.1, -0.05) is 55.8 Å². The van der Waals surface area contributed by atoms with Crippen molar-refractivity contribution >= 4 is 39.1 Å². The Balaban J connectivity index is 2.21. The van der Waals surface area contributed by atoms with E-state index in [2.05, 4.69) is 5.32 Å². The number of benzene rings is 2. The number of hydrogen-bond acceptors (Lipinski definition) is 4. The van der Waals surface area contributed by atoms with Gasteiger partial charge in [-0.05, 0) is 55.5 Å². The van der Waals surface area contributed by atoms with Crippen LogP contribution in [0.5, 0.6) is 0 Å². The van der Waals surface area contributed by atoms with Crippen molar-refractivity contribution in [1.29, 1.82) is 0 Å². The van der Waals surface area contributed by atoms with Gasteiger partial charge in [0.15, 0.2) is 0 Å². The first-order chi connectivity index (χ1) is 16.6. The van der Waals surface area contributed by atoms with Crippen LogP contribution in [0, 0.1) is 6.92 Å². The lowest BCUT2D eigenvalue weighted by atomic mass is 10.1. The van der Waals surface area contributed by atoms with Crippen LogP contribution in [-0.4, -0.2) is 50.5 Å². The van der Waals surface area contributed by atoms with Gasteiger partial charge in [0.05, 0.1) is 11.9 Å². The normalized spacial score (nSPS) is 12.1. The lowest BCUT2D eigenvalue weighted by molar-refractivity contribution is -0.141. The van der Waals surface area contributed by atoms with E-state index in [1.54, 1.807) is 29.2 Å². The van der Waals surface area contributed by atoms with Crippen LogP contribution in [0.2, 0.25) is 5.02 Å². The molecule has 0 unspecified atom stereocenters. The topological polar surface area (TPSA) is 86.8 Å². The number of sulfonamides is 1. The first kappa shape index (κ1) is 28.7. The average Bonchev–Trinajstić information content (AvgIpc) is 2.80. The number of anilines is 1. The molecule has 0 saturated heterocycles. The molecule has 0 radical (unpaired) electrons. The van der Waals surface area contributed by atoms with Crippen LogP contribution < -0.4 is 9.62 Å². The Morgan fingerprint density at radius 2 is 1.80 bits per heavy atom. The van der Waals surface area contributed by atoms with Gasteiger partial charge < -0.3 is 10.2 Å². The second-order valence-electron chi connectivity index (χ2n) is 8.61. The maximum absolute atomic E-state index is 13.4. The van der Waals surface area contributed by atoms with E-state index in [-0.39, 0.29) is 31.3 Å². The number of aryl methyl sites for hydroxylation is 1. The van der Waals surface area contributed by atoms with Crippen molar-refractivity contribution in [2.45, 2.75) is 59.0 Å². The fourth-order valence-corrected chi connectivity index (χ4v) is 5.04. The summed E-state index contributed by atoms with van der Waals surface area (Å²) in [6.45, 7) is 6.62. The van der Waals surface area contributed by atoms with Crippen LogP contribution in [0.15, 0.2) is 48.5 Å². The summed E-state index contributed by atoms with van der Waals surface area (Å²) in [6.07, 6.45) is 2.81. The summed E-state index contributed by atoms with van der Waals surface area (Å²) < 4.78 is 26.2. The van der Waals surface area contributed by atoms with Crippen LogP contribution in [0.25, 0.3) is 0 Å². The summed E-state index contributed by atoms with van der Waals surface area (Å²) in [5.41, 5.74) is 2.27. The average molecular weight is 522 g/mol. The number of rotatable bonds is 13. The van der Waals surface area contributed by atoms with Gasteiger partial charge in [0.2, 0.25) is 21.8 Å². The molecule has 9 heteroatoms. The first-order valence-corrected chi connectivity index (χ1v) is 14.2. The van der Waals surface area contributed by atoms with Crippen LogP contribution in [-0.2, 0) is 26.2 Å². The summed E-state index contributed by atoms with van der Waals surface area (Å²) in [4.78, 5) is 27.8.